The van der Waals surface area contributed by atoms with E-state index in [-0.39, 0.29) is 60.0 Å². The third-order valence-corrected chi connectivity index (χ3v) is 5.88. The van der Waals surface area contributed by atoms with Gasteiger partial charge >= 0.3 is 0 Å². The fraction of sp³-hybridized carbons (Fsp3) is 0.870. The number of ether oxygens (including phenoxy) is 1. The number of likely N-dealkylation sites (N-methyl/N-ethyl adjacent to an activating group) is 2. The zero-order valence-corrected chi connectivity index (χ0v) is 21.0. The number of nitrogens with one attached hydrogen (secondary N) is 1. The van der Waals surface area contributed by atoms with Gasteiger partial charge in [-0.2, -0.15) is 0 Å². The molecular weight excluding hydrogens is 382 g/mol. The minimum atomic E-state index is -0.648. The Morgan fingerprint density at radius 1 is 0.967 bits per heavy atom. The number of ketones is 1. The third kappa shape index (κ3) is 7.99. The molecule has 0 spiro atoms. The summed E-state index contributed by atoms with van der Waals surface area (Å²) in [5.41, 5.74) is 0. The van der Waals surface area contributed by atoms with Gasteiger partial charge in [0.15, 0.2) is 0 Å². The molecule has 0 aromatic heterocycles. The molecule has 30 heavy (non-hydrogen) atoms. The van der Waals surface area contributed by atoms with E-state index in [9.17, 15) is 14.4 Å². The second kappa shape index (κ2) is 13.1. The van der Waals surface area contributed by atoms with E-state index in [0.29, 0.717) is 0 Å². The lowest BCUT2D eigenvalue weighted by molar-refractivity contribution is -0.144. The number of amides is 2. The van der Waals surface area contributed by atoms with Gasteiger partial charge in [0.25, 0.3) is 0 Å². The van der Waals surface area contributed by atoms with Crippen molar-refractivity contribution in [3.05, 3.63) is 0 Å². The zero-order valence-electron chi connectivity index (χ0n) is 21.0. The highest BCUT2D eigenvalue weighted by Crippen LogP contribution is 2.23. The van der Waals surface area contributed by atoms with Crippen LogP contribution in [0.1, 0.15) is 61.3 Å². The van der Waals surface area contributed by atoms with Gasteiger partial charge < -0.3 is 15.0 Å². The number of methoxy groups -OCH3 is 1. The maximum atomic E-state index is 13.5. The van der Waals surface area contributed by atoms with E-state index in [2.05, 4.69) is 19.2 Å². The lowest BCUT2D eigenvalue weighted by Crippen LogP contribution is -2.59. The van der Waals surface area contributed by atoms with Crippen LogP contribution in [0.15, 0.2) is 0 Å². The summed E-state index contributed by atoms with van der Waals surface area (Å²) in [5.74, 6) is -0.113. The topological polar surface area (TPSA) is 79.0 Å². The molecule has 0 aromatic rings. The number of nitrogens with zero attached hydrogens (tertiary/aromatic N) is 2. The molecule has 7 nitrogen and oxygen atoms in total. The predicted octanol–water partition coefficient (Wildman–Crippen LogP) is 2.58. The van der Waals surface area contributed by atoms with Crippen LogP contribution in [-0.4, -0.2) is 79.9 Å². The largest absolute Gasteiger partial charge is 0.379 e. The highest BCUT2D eigenvalue weighted by atomic mass is 16.5. The average molecular weight is 428 g/mol. The first-order chi connectivity index (χ1) is 13.8. The van der Waals surface area contributed by atoms with E-state index >= 15 is 0 Å². The Labute approximate surface area is 183 Å². The van der Waals surface area contributed by atoms with Gasteiger partial charge in [-0.1, -0.05) is 48.0 Å². The molecule has 5 atom stereocenters. The molecule has 0 heterocycles. The summed E-state index contributed by atoms with van der Waals surface area (Å²) in [4.78, 5) is 41.8. The normalized spacial score (nSPS) is 16.9. The summed E-state index contributed by atoms with van der Waals surface area (Å²) in [6.45, 7) is 13.5. The van der Waals surface area contributed by atoms with Crippen LogP contribution in [0, 0.1) is 17.8 Å². The van der Waals surface area contributed by atoms with Crippen molar-refractivity contribution in [1.29, 1.82) is 0 Å². The Hall–Kier alpha value is -1.47. The van der Waals surface area contributed by atoms with Crippen molar-refractivity contribution in [1.82, 2.24) is 15.1 Å². The fourth-order valence-electron chi connectivity index (χ4n) is 4.12. The Morgan fingerprint density at radius 2 is 1.50 bits per heavy atom. The number of hydrogen-bond donors (Lipinski definition) is 1. The van der Waals surface area contributed by atoms with Crippen LogP contribution in [0.3, 0.4) is 0 Å². The molecule has 0 radical (unpaired) electrons. The molecule has 0 aliphatic rings. The summed E-state index contributed by atoms with van der Waals surface area (Å²) in [6.07, 6.45) is 0.701. The van der Waals surface area contributed by atoms with Gasteiger partial charge in [-0.15, -0.1) is 0 Å². The van der Waals surface area contributed by atoms with Crippen LogP contribution in [0.25, 0.3) is 0 Å². The number of carbonyl (C=O) groups is 3. The molecule has 2 amide bonds. The maximum absolute atomic E-state index is 13.5. The first kappa shape index (κ1) is 28.5. The predicted molar refractivity (Wildman–Crippen MR) is 121 cm³/mol. The van der Waals surface area contributed by atoms with E-state index < -0.39 is 6.04 Å². The van der Waals surface area contributed by atoms with E-state index in [0.717, 1.165) is 6.42 Å². The first-order valence-corrected chi connectivity index (χ1v) is 11.1. The molecular formula is C23H45N3O4. The van der Waals surface area contributed by atoms with Crippen molar-refractivity contribution in [3.8, 4) is 0 Å². The van der Waals surface area contributed by atoms with Gasteiger partial charge in [0.2, 0.25) is 11.8 Å². The molecule has 0 saturated carbocycles. The molecule has 0 aliphatic carbocycles. The van der Waals surface area contributed by atoms with E-state index in [1.165, 1.54) is 6.92 Å². The Balaban J connectivity index is 5.80. The molecule has 1 N–H and O–H groups in total. The van der Waals surface area contributed by atoms with Crippen molar-refractivity contribution < 1.29 is 19.1 Å². The second-order valence-electron chi connectivity index (χ2n) is 9.39. The number of carbonyl (C=O) groups excluding carboxylic acids is 3. The summed E-state index contributed by atoms with van der Waals surface area (Å²) in [6, 6.07) is -1.23. The maximum Gasteiger partial charge on any atom is 0.245 e. The molecule has 0 bridgehead atoms. The van der Waals surface area contributed by atoms with Crippen LogP contribution in [0.2, 0.25) is 0 Å². The van der Waals surface area contributed by atoms with E-state index in [1.54, 1.807) is 19.1 Å². The minimum absolute atomic E-state index is 0.0236. The van der Waals surface area contributed by atoms with Crippen molar-refractivity contribution in [2.24, 2.45) is 17.8 Å². The monoisotopic (exact) mass is 427 g/mol. The summed E-state index contributed by atoms with van der Waals surface area (Å²) in [7, 11) is 7.06. The minimum Gasteiger partial charge on any atom is -0.379 e. The standard InChI is InChI=1S/C23H45N3O4/c1-12-16(6)21(18(30-11)13-17(7)27)26(10)23(29)19(14(2)3)24-22(28)20(15(4)5)25(8)9/h14-16,18-21H,12-13H2,1-11H3,(H,24,28)/t16-,18+,19-,20-,21-/m0/s1. The Bertz CT molecular complexity index is 555. The van der Waals surface area contributed by atoms with Crippen LogP contribution < -0.4 is 5.32 Å². The molecule has 0 aromatic carbocycles. The number of hydrogen-bond acceptors (Lipinski definition) is 5. The molecule has 0 fully saturated rings. The molecule has 176 valence electrons. The van der Waals surface area contributed by atoms with Crippen LogP contribution in [0.4, 0.5) is 0 Å². The van der Waals surface area contributed by atoms with Crippen LogP contribution in [-0.2, 0) is 19.1 Å². The van der Waals surface area contributed by atoms with Crippen molar-refractivity contribution >= 4 is 17.6 Å². The lowest BCUT2D eigenvalue weighted by Gasteiger charge is -2.40. The first-order valence-electron chi connectivity index (χ1n) is 11.1. The number of rotatable bonds is 13. The Morgan fingerprint density at radius 3 is 1.83 bits per heavy atom. The van der Waals surface area contributed by atoms with Gasteiger partial charge in [0.05, 0.1) is 18.2 Å². The fourth-order valence-corrected chi connectivity index (χ4v) is 4.12. The quantitative estimate of drug-likeness (QED) is 0.489. The second-order valence-corrected chi connectivity index (χ2v) is 9.39. The smallest absolute Gasteiger partial charge is 0.245 e. The van der Waals surface area contributed by atoms with Crippen molar-refractivity contribution in [2.75, 3.05) is 28.3 Å². The lowest BCUT2D eigenvalue weighted by atomic mass is 9.89. The molecule has 0 unspecified atom stereocenters. The average Bonchev–Trinajstić information content (AvgIpc) is 2.63. The molecule has 0 aliphatic heterocycles. The van der Waals surface area contributed by atoms with Crippen molar-refractivity contribution in [2.45, 2.75) is 85.5 Å². The van der Waals surface area contributed by atoms with Gasteiger partial charge in [-0.3, -0.25) is 19.3 Å². The third-order valence-electron chi connectivity index (χ3n) is 5.88. The van der Waals surface area contributed by atoms with Crippen LogP contribution in [0.5, 0.6) is 0 Å². The highest BCUT2D eigenvalue weighted by molar-refractivity contribution is 5.90. The van der Waals surface area contributed by atoms with E-state index in [4.69, 9.17) is 4.74 Å². The van der Waals surface area contributed by atoms with Gasteiger partial charge in [-0.05, 0) is 38.8 Å². The van der Waals surface area contributed by atoms with Gasteiger partial charge in [0, 0.05) is 20.6 Å². The SMILES string of the molecule is CC[C@H](C)[C@@H]([C@@H](CC(C)=O)OC)N(C)C(=O)[C@@H](NC(=O)[C@H](C(C)C)N(C)C)C(C)C. The summed E-state index contributed by atoms with van der Waals surface area (Å²) in [5, 5.41) is 2.99. The molecule has 7 heteroatoms. The van der Waals surface area contributed by atoms with Crippen molar-refractivity contribution in [3.63, 3.8) is 0 Å². The Kier molecular flexibility index (Phi) is 12.4. The summed E-state index contributed by atoms with van der Waals surface area (Å²) >= 11 is 0. The van der Waals surface area contributed by atoms with Gasteiger partial charge in [0.1, 0.15) is 11.8 Å². The number of Topliss-reactive ketones (excluding diaryl/α,β-unsaturated/α-hetero) is 1. The summed E-state index contributed by atoms with van der Waals surface area (Å²) < 4.78 is 5.63. The van der Waals surface area contributed by atoms with Crippen LogP contribution >= 0.6 is 0 Å². The zero-order chi connectivity index (χ0) is 23.8. The van der Waals surface area contributed by atoms with E-state index in [1.807, 2.05) is 46.7 Å². The van der Waals surface area contributed by atoms with Gasteiger partial charge in [-0.25, -0.2) is 0 Å². The molecule has 0 rings (SSSR count). The molecule has 0 saturated heterocycles. The highest BCUT2D eigenvalue weighted by Gasteiger charge is 2.38.